The lowest BCUT2D eigenvalue weighted by Gasteiger charge is -2.17. The molecule has 5 nitrogen and oxygen atoms in total. The largest absolute Gasteiger partial charge is 0.372 e. The second-order valence-electron chi connectivity index (χ2n) is 7.63. The van der Waals surface area contributed by atoms with Gasteiger partial charge in [-0.15, -0.1) is 0 Å². The van der Waals surface area contributed by atoms with Crippen LogP contribution in [0.1, 0.15) is 24.8 Å². The Bertz CT molecular complexity index is 891. The molecule has 1 aliphatic heterocycles. The summed E-state index contributed by atoms with van der Waals surface area (Å²) in [4.78, 5) is 27.3. The summed E-state index contributed by atoms with van der Waals surface area (Å²) < 4.78 is 0. The lowest BCUT2D eigenvalue weighted by molar-refractivity contribution is -0.122. The van der Waals surface area contributed by atoms with Crippen molar-refractivity contribution < 1.29 is 9.59 Å². The fourth-order valence-electron chi connectivity index (χ4n) is 3.73. The molecule has 2 unspecified atom stereocenters. The van der Waals surface area contributed by atoms with Crippen LogP contribution in [0.25, 0.3) is 0 Å². The minimum atomic E-state index is -0.279. The molecular weight excluding hydrogens is 374 g/mol. The second kappa shape index (κ2) is 7.84. The van der Waals surface area contributed by atoms with Crippen LogP contribution in [0.4, 0.5) is 17.1 Å². The van der Waals surface area contributed by atoms with Gasteiger partial charge in [-0.05, 0) is 74.2 Å². The van der Waals surface area contributed by atoms with Crippen LogP contribution >= 0.6 is 11.6 Å². The Labute approximate surface area is 170 Å². The van der Waals surface area contributed by atoms with E-state index >= 15 is 0 Å². The van der Waals surface area contributed by atoms with E-state index in [4.69, 9.17) is 11.6 Å². The van der Waals surface area contributed by atoms with Gasteiger partial charge in [0.15, 0.2) is 0 Å². The third-order valence-electron chi connectivity index (χ3n) is 5.52. The molecule has 0 bridgehead atoms. The molecule has 1 heterocycles. The summed E-state index contributed by atoms with van der Waals surface area (Å²) in [5, 5.41) is 6.47. The van der Waals surface area contributed by atoms with Crippen molar-refractivity contribution in [3.05, 3.63) is 53.1 Å². The highest BCUT2D eigenvalue weighted by atomic mass is 35.5. The maximum atomic E-state index is 12.5. The molecule has 0 radical (unpaired) electrons. The number of carbonyl (C=O) groups is 2. The average Bonchev–Trinajstić information content (AvgIpc) is 3.31. The molecule has 0 aromatic heterocycles. The zero-order valence-electron chi connectivity index (χ0n) is 15.9. The van der Waals surface area contributed by atoms with Crippen molar-refractivity contribution in [1.82, 2.24) is 0 Å². The molecule has 0 spiro atoms. The van der Waals surface area contributed by atoms with E-state index in [1.165, 1.54) is 18.5 Å². The first-order valence-corrected chi connectivity index (χ1v) is 10.1. The number of benzene rings is 2. The van der Waals surface area contributed by atoms with Crippen molar-refractivity contribution in [2.24, 2.45) is 11.8 Å². The van der Waals surface area contributed by atoms with Gasteiger partial charge in [0, 0.05) is 35.2 Å². The highest BCUT2D eigenvalue weighted by Crippen LogP contribution is 2.40. The topological polar surface area (TPSA) is 61.4 Å². The molecule has 6 heteroatoms. The minimum absolute atomic E-state index is 0.0955. The van der Waals surface area contributed by atoms with Gasteiger partial charge in [0.25, 0.3) is 0 Å². The number of halogens is 1. The first-order valence-electron chi connectivity index (χ1n) is 9.74. The van der Waals surface area contributed by atoms with Crippen LogP contribution in [0.5, 0.6) is 0 Å². The second-order valence-corrected chi connectivity index (χ2v) is 8.06. The number of carbonyl (C=O) groups excluding carboxylic acids is 2. The van der Waals surface area contributed by atoms with Crippen LogP contribution in [-0.4, -0.2) is 24.9 Å². The summed E-state index contributed by atoms with van der Waals surface area (Å²) in [7, 11) is 0. The number of aryl methyl sites for hydroxylation is 1. The van der Waals surface area contributed by atoms with E-state index in [1.807, 2.05) is 31.2 Å². The van der Waals surface area contributed by atoms with Crippen molar-refractivity contribution in [3.8, 4) is 0 Å². The minimum Gasteiger partial charge on any atom is -0.372 e. The molecule has 2 aromatic rings. The Kier molecular flexibility index (Phi) is 5.27. The van der Waals surface area contributed by atoms with E-state index in [0.29, 0.717) is 11.4 Å². The molecule has 2 N–H and O–H groups in total. The Morgan fingerprint density at radius 2 is 1.61 bits per heavy atom. The Hall–Kier alpha value is -2.53. The number of amides is 2. The van der Waals surface area contributed by atoms with Gasteiger partial charge in [0.05, 0.1) is 11.8 Å². The molecule has 28 heavy (non-hydrogen) atoms. The van der Waals surface area contributed by atoms with Crippen molar-refractivity contribution in [1.29, 1.82) is 0 Å². The van der Waals surface area contributed by atoms with Gasteiger partial charge >= 0.3 is 0 Å². The molecule has 4 rings (SSSR count). The van der Waals surface area contributed by atoms with E-state index in [-0.39, 0.29) is 23.7 Å². The molecule has 2 aromatic carbocycles. The van der Waals surface area contributed by atoms with E-state index in [1.54, 1.807) is 18.2 Å². The lowest BCUT2D eigenvalue weighted by Crippen LogP contribution is -2.21. The maximum Gasteiger partial charge on any atom is 0.228 e. The van der Waals surface area contributed by atoms with Gasteiger partial charge < -0.3 is 15.5 Å². The Morgan fingerprint density at radius 3 is 2.25 bits per heavy atom. The quantitative estimate of drug-likeness (QED) is 0.782. The van der Waals surface area contributed by atoms with Crippen LogP contribution in [0.2, 0.25) is 5.02 Å². The van der Waals surface area contributed by atoms with Crippen LogP contribution in [-0.2, 0) is 9.59 Å². The number of hydrogen-bond donors (Lipinski definition) is 2. The average molecular weight is 398 g/mol. The van der Waals surface area contributed by atoms with Crippen molar-refractivity contribution in [2.75, 3.05) is 28.6 Å². The Morgan fingerprint density at radius 1 is 0.964 bits per heavy atom. The highest BCUT2D eigenvalue weighted by molar-refractivity contribution is 6.30. The summed E-state index contributed by atoms with van der Waals surface area (Å²) >= 11 is 5.95. The zero-order valence-corrected chi connectivity index (χ0v) is 16.6. The maximum absolute atomic E-state index is 12.5. The number of hydrogen-bond acceptors (Lipinski definition) is 3. The molecule has 2 fully saturated rings. The van der Waals surface area contributed by atoms with E-state index in [0.717, 1.165) is 30.0 Å². The fourth-order valence-corrected chi connectivity index (χ4v) is 3.96. The molecule has 2 atom stereocenters. The smallest absolute Gasteiger partial charge is 0.228 e. The van der Waals surface area contributed by atoms with Crippen molar-refractivity contribution in [3.63, 3.8) is 0 Å². The number of rotatable bonds is 5. The predicted octanol–water partition coefficient (Wildman–Crippen LogP) is 4.46. The van der Waals surface area contributed by atoms with Gasteiger partial charge in [-0.25, -0.2) is 0 Å². The van der Waals surface area contributed by atoms with E-state index < -0.39 is 0 Å². The normalized spacial score (nSPS) is 20.7. The van der Waals surface area contributed by atoms with E-state index in [9.17, 15) is 9.59 Å². The summed E-state index contributed by atoms with van der Waals surface area (Å²) in [5.74, 6) is -0.762. The van der Waals surface area contributed by atoms with Gasteiger partial charge in [-0.2, -0.15) is 0 Å². The fraction of sp³-hybridized carbons (Fsp3) is 0.364. The summed E-state index contributed by atoms with van der Waals surface area (Å²) in [6.07, 6.45) is 3.05. The molecule has 1 aliphatic carbocycles. The van der Waals surface area contributed by atoms with Crippen LogP contribution in [0.3, 0.4) is 0 Å². The van der Waals surface area contributed by atoms with E-state index in [2.05, 4.69) is 15.5 Å². The molecule has 1 saturated carbocycles. The molecule has 2 aliphatic rings. The highest BCUT2D eigenvalue weighted by Gasteiger charge is 2.48. The summed E-state index contributed by atoms with van der Waals surface area (Å²) in [6, 6.07) is 13.3. The third kappa shape index (κ3) is 4.14. The third-order valence-corrected chi connectivity index (χ3v) is 5.75. The van der Waals surface area contributed by atoms with Crippen LogP contribution < -0.4 is 15.5 Å². The standard InChI is InChI=1S/C22H24ClN3O2/c1-14-12-15(23)4-9-20(14)25-22(28)19-13-18(19)21(27)24-16-5-7-17(8-6-16)26-10-2-3-11-26/h4-9,12,18-19H,2-3,10-11,13H2,1H3,(H,24,27)(H,25,28). The van der Waals surface area contributed by atoms with Crippen molar-refractivity contribution in [2.45, 2.75) is 26.2 Å². The SMILES string of the molecule is Cc1cc(Cl)ccc1NC(=O)C1CC1C(=O)Nc1ccc(N2CCCC2)cc1. The summed E-state index contributed by atoms with van der Waals surface area (Å²) in [5.41, 5.74) is 3.60. The summed E-state index contributed by atoms with van der Waals surface area (Å²) in [6.45, 7) is 4.08. The van der Waals surface area contributed by atoms with Crippen LogP contribution in [0.15, 0.2) is 42.5 Å². The van der Waals surface area contributed by atoms with Gasteiger partial charge in [-0.1, -0.05) is 11.6 Å². The van der Waals surface area contributed by atoms with Gasteiger partial charge in [-0.3, -0.25) is 9.59 Å². The molecule has 1 saturated heterocycles. The number of nitrogens with one attached hydrogen (secondary N) is 2. The zero-order chi connectivity index (χ0) is 19.7. The van der Waals surface area contributed by atoms with Gasteiger partial charge in [0.1, 0.15) is 0 Å². The predicted molar refractivity (Wildman–Crippen MR) is 113 cm³/mol. The monoisotopic (exact) mass is 397 g/mol. The first kappa shape index (κ1) is 18.8. The number of anilines is 3. The van der Waals surface area contributed by atoms with Crippen LogP contribution in [0, 0.1) is 18.8 Å². The molecular formula is C22H24ClN3O2. The lowest BCUT2D eigenvalue weighted by atomic mass is 10.2. The molecule has 2 amide bonds. The number of nitrogens with zero attached hydrogens (tertiary/aromatic N) is 1. The first-order chi connectivity index (χ1) is 13.5. The Balaban J connectivity index is 1.30. The van der Waals surface area contributed by atoms with Crippen molar-refractivity contribution >= 4 is 40.5 Å². The van der Waals surface area contributed by atoms with Gasteiger partial charge in [0.2, 0.25) is 11.8 Å². The molecule has 146 valence electrons.